The third-order valence-electron chi connectivity index (χ3n) is 3.00. The number of benzene rings is 1. The minimum atomic E-state index is 0.412. The molecule has 0 aliphatic rings. The molecule has 1 aromatic carbocycles. The van der Waals surface area contributed by atoms with Crippen LogP contribution in [0.2, 0.25) is 0 Å². The first-order valence-corrected chi connectivity index (χ1v) is 7.72. The standard InChI is InChI=1S/C16H18N6S/c1-2-18-16(23)20-19-11-14-12-22(10-6-9-17)21-15(14)13-7-4-3-5-8-13/h3-5,7-8,11-12H,2,6,10H2,1H3,(H2,18,20,23)/b19-11-. The van der Waals surface area contributed by atoms with Crippen molar-refractivity contribution in [1.82, 2.24) is 20.5 Å². The van der Waals surface area contributed by atoms with Crippen molar-refractivity contribution >= 4 is 23.5 Å². The number of nitrogens with one attached hydrogen (secondary N) is 2. The molecular weight excluding hydrogens is 308 g/mol. The first-order chi connectivity index (χ1) is 11.2. The van der Waals surface area contributed by atoms with Crippen LogP contribution in [-0.2, 0) is 6.54 Å². The van der Waals surface area contributed by atoms with Crippen LogP contribution >= 0.6 is 12.2 Å². The average molecular weight is 326 g/mol. The molecule has 6 nitrogen and oxygen atoms in total. The van der Waals surface area contributed by atoms with E-state index in [4.69, 9.17) is 17.5 Å². The lowest BCUT2D eigenvalue weighted by Crippen LogP contribution is -2.31. The number of nitriles is 1. The number of rotatable bonds is 6. The van der Waals surface area contributed by atoms with Crippen molar-refractivity contribution < 1.29 is 0 Å². The first kappa shape index (κ1) is 16.6. The zero-order valence-electron chi connectivity index (χ0n) is 12.9. The van der Waals surface area contributed by atoms with Crippen molar-refractivity contribution in [2.24, 2.45) is 5.10 Å². The molecule has 118 valence electrons. The van der Waals surface area contributed by atoms with Gasteiger partial charge < -0.3 is 5.32 Å². The van der Waals surface area contributed by atoms with E-state index >= 15 is 0 Å². The van der Waals surface area contributed by atoms with Crippen molar-refractivity contribution in [2.75, 3.05) is 6.54 Å². The largest absolute Gasteiger partial charge is 0.362 e. The molecule has 2 rings (SSSR count). The van der Waals surface area contributed by atoms with Gasteiger partial charge in [0.15, 0.2) is 5.11 Å². The summed E-state index contributed by atoms with van der Waals surface area (Å²) in [7, 11) is 0. The fraction of sp³-hybridized carbons (Fsp3) is 0.250. The van der Waals surface area contributed by atoms with Crippen molar-refractivity contribution in [3.63, 3.8) is 0 Å². The summed E-state index contributed by atoms with van der Waals surface area (Å²) in [4.78, 5) is 0. The number of nitrogens with zero attached hydrogens (tertiary/aromatic N) is 4. The lowest BCUT2D eigenvalue weighted by atomic mass is 10.1. The predicted molar refractivity (Wildman–Crippen MR) is 94.9 cm³/mol. The van der Waals surface area contributed by atoms with Gasteiger partial charge in [-0.2, -0.15) is 15.5 Å². The minimum absolute atomic E-state index is 0.412. The van der Waals surface area contributed by atoms with Gasteiger partial charge in [-0.05, 0) is 19.1 Å². The quantitative estimate of drug-likeness (QED) is 0.484. The molecule has 1 heterocycles. The van der Waals surface area contributed by atoms with Crippen LogP contribution in [0.15, 0.2) is 41.6 Å². The van der Waals surface area contributed by atoms with Crippen molar-refractivity contribution in [2.45, 2.75) is 19.9 Å². The summed E-state index contributed by atoms with van der Waals surface area (Å²) in [6.45, 7) is 3.25. The number of hydrogen-bond donors (Lipinski definition) is 2. The summed E-state index contributed by atoms with van der Waals surface area (Å²) >= 11 is 5.06. The molecule has 0 bridgehead atoms. The Bertz CT molecular complexity index is 714. The van der Waals surface area contributed by atoms with E-state index in [0.29, 0.717) is 18.1 Å². The van der Waals surface area contributed by atoms with Gasteiger partial charge in [0.2, 0.25) is 0 Å². The second-order valence-corrected chi connectivity index (χ2v) is 5.11. The highest BCUT2D eigenvalue weighted by atomic mass is 32.1. The molecule has 23 heavy (non-hydrogen) atoms. The highest BCUT2D eigenvalue weighted by molar-refractivity contribution is 7.80. The second kappa shape index (κ2) is 8.66. The zero-order valence-corrected chi connectivity index (χ0v) is 13.7. The van der Waals surface area contributed by atoms with Crippen molar-refractivity contribution in [3.05, 3.63) is 42.1 Å². The van der Waals surface area contributed by atoms with Crippen molar-refractivity contribution in [1.29, 1.82) is 5.26 Å². The van der Waals surface area contributed by atoms with Crippen LogP contribution in [0.3, 0.4) is 0 Å². The van der Waals surface area contributed by atoms with Gasteiger partial charge in [0.05, 0.1) is 25.2 Å². The summed E-state index contributed by atoms with van der Waals surface area (Å²) in [6, 6.07) is 12.0. The lowest BCUT2D eigenvalue weighted by molar-refractivity contribution is 0.629. The van der Waals surface area contributed by atoms with E-state index in [1.807, 2.05) is 43.5 Å². The molecule has 0 unspecified atom stereocenters. The van der Waals surface area contributed by atoms with E-state index in [1.165, 1.54) is 0 Å². The van der Waals surface area contributed by atoms with Gasteiger partial charge in [0.25, 0.3) is 0 Å². The Hall–Kier alpha value is -2.72. The Morgan fingerprint density at radius 3 is 2.91 bits per heavy atom. The maximum atomic E-state index is 8.72. The first-order valence-electron chi connectivity index (χ1n) is 7.31. The Balaban J connectivity index is 2.22. The molecule has 2 N–H and O–H groups in total. The van der Waals surface area contributed by atoms with E-state index in [0.717, 1.165) is 23.4 Å². The van der Waals surface area contributed by atoms with Crippen LogP contribution in [0.25, 0.3) is 11.3 Å². The van der Waals surface area contributed by atoms with Crippen molar-refractivity contribution in [3.8, 4) is 17.3 Å². The SMILES string of the molecule is CCNC(=S)N/N=C\c1cn(CCC#N)nc1-c1ccccc1. The molecule has 0 saturated carbocycles. The predicted octanol–water partition coefficient (Wildman–Crippen LogP) is 2.28. The van der Waals surface area contributed by atoms with E-state index < -0.39 is 0 Å². The molecule has 0 aliphatic carbocycles. The molecule has 0 fully saturated rings. The Labute approximate surface area is 140 Å². The molecular formula is C16H18N6S. The fourth-order valence-electron chi connectivity index (χ4n) is 1.99. The van der Waals surface area contributed by atoms with Gasteiger partial charge in [-0.1, -0.05) is 30.3 Å². The molecule has 1 aromatic heterocycles. The van der Waals surface area contributed by atoms with E-state index in [1.54, 1.807) is 10.9 Å². The highest BCUT2D eigenvalue weighted by Crippen LogP contribution is 2.20. The molecule has 0 spiro atoms. The highest BCUT2D eigenvalue weighted by Gasteiger charge is 2.09. The van der Waals surface area contributed by atoms with E-state index in [-0.39, 0.29) is 0 Å². The Kier molecular flexibility index (Phi) is 6.27. The van der Waals surface area contributed by atoms with Crippen LogP contribution < -0.4 is 10.7 Å². The number of hydrogen-bond acceptors (Lipinski definition) is 4. The minimum Gasteiger partial charge on any atom is -0.362 e. The van der Waals surface area contributed by atoms with Gasteiger partial charge in [0.1, 0.15) is 5.69 Å². The summed E-state index contributed by atoms with van der Waals surface area (Å²) in [5.41, 5.74) is 5.45. The number of thiocarbonyl (C=S) groups is 1. The molecule has 2 aromatic rings. The van der Waals surface area contributed by atoms with E-state index in [2.05, 4.69) is 27.0 Å². The summed E-state index contributed by atoms with van der Waals surface area (Å²) < 4.78 is 1.76. The van der Waals surface area contributed by atoms with Crippen LogP contribution in [-0.4, -0.2) is 27.7 Å². The lowest BCUT2D eigenvalue weighted by Gasteiger charge is -2.02. The summed E-state index contributed by atoms with van der Waals surface area (Å²) in [5.74, 6) is 0. The molecule has 0 amide bonds. The molecule has 0 radical (unpaired) electrons. The van der Waals surface area contributed by atoms with Gasteiger partial charge in [-0.25, -0.2) is 0 Å². The summed E-state index contributed by atoms with van der Waals surface area (Å²) in [5, 5.41) is 20.9. The third kappa shape index (κ3) is 4.90. The van der Waals surface area contributed by atoms with Crippen LogP contribution in [0.1, 0.15) is 18.9 Å². The fourth-order valence-corrected chi connectivity index (χ4v) is 2.19. The average Bonchev–Trinajstić information content (AvgIpc) is 2.97. The van der Waals surface area contributed by atoms with E-state index in [9.17, 15) is 0 Å². The van der Waals surface area contributed by atoms with Gasteiger partial charge in [-0.3, -0.25) is 10.1 Å². The van der Waals surface area contributed by atoms with Gasteiger partial charge in [0, 0.05) is 23.9 Å². The number of aromatic nitrogens is 2. The Morgan fingerprint density at radius 2 is 2.22 bits per heavy atom. The summed E-state index contributed by atoms with van der Waals surface area (Å²) in [6.07, 6.45) is 3.97. The normalized spacial score (nSPS) is 10.4. The van der Waals surface area contributed by atoms with Crippen LogP contribution in [0.5, 0.6) is 0 Å². The number of hydrazone groups is 1. The molecule has 0 saturated heterocycles. The topological polar surface area (TPSA) is 78.0 Å². The van der Waals surface area contributed by atoms with Crippen LogP contribution in [0.4, 0.5) is 0 Å². The van der Waals surface area contributed by atoms with Gasteiger partial charge in [-0.15, -0.1) is 0 Å². The molecule has 7 heteroatoms. The maximum absolute atomic E-state index is 8.72. The third-order valence-corrected chi connectivity index (χ3v) is 3.23. The van der Waals surface area contributed by atoms with Gasteiger partial charge >= 0.3 is 0 Å². The molecule has 0 atom stereocenters. The molecule has 0 aliphatic heterocycles. The Morgan fingerprint density at radius 1 is 1.43 bits per heavy atom. The smallest absolute Gasteiger partial charge is 0.186 e. The number of aryl methyl sites for hydroxylation is 1. The second-order valence-electron chi connectivity index (χ2n) is 4.70. The zero-order chi connectivity index (χ0) is 16.5. The van der Waals surface area contributed by atoms with Crippen LogP contribution in [0, 0.1) is 11.3 Å². The maximum Gasteiger partial charge on any atom is 0.186 e. The monoisotopic (exact) mass is 326 g/mol.